The van der Waals surface area contributed by atoms with Crippen LogP contribution in [0, 0.1) is 0 Å². The van der Waals surface area contributed by atoms with Gasteiger partial charge in [-0.15, -0.1) is 0 Å². The quantitative estimate of drug-likeness (QED) is 0.287. The van der Waals surface area contributed by atoms with Crippen molar-refractivity contribution in [3.63, 3.8) is 0 Å². The predicted molar refractivity (Wildman–Crippen MR) is 123 cm³/mol. The Balaban J connectivity index is 1.56. The molecule has 31 heavy (non-hydrogen) atoms. The number of hydrazone groups is 1. The highest BCUT2D eigenvalue weighted by atomic mass is 35.5. The largest absolute Gasteiger partial charge is 0.489 e. The van der Waals surface area contributed by atoms with Crippen molar-refractivity contribution in [1.82, 2.24) is 5.43 Å². The Morgan fingerprint density at radius 2 is 1.55 bits per heavy atom. The third-order valence-electron chi connectivity index (χ3n) is 4.01. The number of hydrogen-bond donors (Lipinski definition) is 2. The molecule has 0 aliphatic rings. The lowest BCUT2D eigenvalue weighted by atomic mass is 10.2. The van der Waals surface area contributed by atoms with Gasteiger partial charge in [-0.3, -0.25) is 9.59 Å². The molecule has 0 bridgehead atoms. The number of halogens is 3. The molecule has 3 rings (SSSR count). The third-order valence-corrected chi connectivity index (χ3v) is 5.05. The lowest BCUT2D eigenvalue weighted by molar-refractivity contribution is -0.136. The molecule has 0 aromatic heterocycles. The van der Waals surface area contributed by atoms with Gasteiger partial charge in [-0.25, -0.2) is 5.43 Å². The van der Waals surface area contributed by atoms with Crippen LogP contribution in [0.4, 0.5) is 5.69 Å². The highest BCUT2D eigenvalue weighted by molar-refractivity contribution is 6.41. The van der Waals surface area contributed by atoms with Gasteiger partial charge < -0.3 is 10.1 Å². The number of rotatable bonds is 6. The fraction of sp³-hybridized carbons (Fsp3) is 0.0455. The molecule has 0 radical (unpaired) electrons. The average Bonchev–Trinajstić information content (AvgIpc) is 2.75. The van der Waals surface area contributed by atoms with E-state index in [-0.39, 0.29) is 6.61 Å². The van der Waals surface area contributed by atoms with Crippen LogP contribution in [0.25, 0.3) is 0 Å². The van der Waals surface area contributed by atoms with Gasteiger partial charge in [-0.1, -0.05) is 65.1 Å². The Hall–Kier alpha value is -3.06. The summed E-state index contributed by atoms with van der Waals surface area (Å²) in [5.74, 6) is -1.27. The van der Waals surface area contributed by atoms with Crippen molar-refractivity contribution in [1.29, 1.82) is 0 Å². The van der Waals surface area contributed by atoms with Crippen LogP contribution >= 0.6 is 34.8 Å². The minimum absolute atomic E-state index is 0.193. The minimum Gasteiger partial charge on any atom is -0.489 e. The van der Waals surface area contributed by atoms with Gasteiger partial charge in [0.15, 0.2) is 0 Å². The molecule has 0 aliphatic carbocycles. The summed E-state index contributed by atoms with van der Waals surface area (Å²) in [6.45, 7) is 0.193. The SMILES string of the molecule is O=C(N/N=C\c1cccc(OCc2c(Cl)cccc2Cl)c1)C(=O)Nc1ccccc1Cl. The number of amides is 2. The van der Waals surface area contributed by atoms with E-state index >= 15 is 0 Å². The summed E-state index contributed by atoms with van der Waals surface area (Å²) in [4.78, 5) is 23.8. The van der Waals surface area contributed by atoms with E-state index in [4.69, 9.17) is 39.5 Å². The number of anilines is 1. The molecule has 0 saturated carbocycles. The van der Waals surface area contributed by atoms with E-state index in [2.05, 4.69) is 15.8 Å². The first-order valence-electron chi connectivity index (χ1n) is 8.98. The van der Waals surface area contributed by atoms with Crippen LogP contribution in [0.1, 0.15) is 11.1 Å². The fourth-order valence-electron chi connectivity index (χ4n) is 2.47. The zero-order valence-electron chi connectivity index (χ0n) is 15.9. The van der Waals surface area contributed by atoms with Gasteiger partial charge in [0.05, 0.1) is 16.9 Å². The number of benzene rings is 3. The summed E-state index contributed by atoms with van der Waals surface area (Å²) in [6.07, 6.45) is 1.38. The number of carbonyl (C=O) groups excluding carboxylic acids is 2. The summed E-state index contributed by atoms with van der Waals surface area (Å²) >= 11 is 18.2. The first-order chi connectivity index (χ1) is 14.9. The van der Waals surface area contributed by atoms with Crippen molar-refractivity contribution in [2.45, 2.75) is 6.61 Å². The number of hydrogen-bond acceptors (Lipinski definition) is 4. The molecule has 9 heteroatoms. The van der Waals surface area contributed by atoms with Crippen LogP contribution < -0.4 is 15.5 Å². The monoisotopic (exact) mass is 475 g/mol. The summed E-state index contributed by atoms with van der Waals surface area (Å²) in [6, 6.07) is 18.8. The van der Waals surface area contributed by atoms with Crippen LogP contribution in [0.15, 0.2) is 71.8 Å². The maximum absolute atomic E-state index is 11.9. The van der Waals surface area contributed by atoms with Crippen molar-refractivity contribution < 1.29 is 14.3 Å². The van der Waals surface area contributed by atoms with Gasteiger partial charge in [-0.05, 0) is 42.0 Å². The molecule has 2 amide bonds. The lowest BCUT2D eigenvalue weighted by Crippen LogP contribution is -2.32. The topological polar surface area (TPSA) is 79.8 Å². The van der Waals surface area contributed by atoms with E-state index in [1.54, 1.807) is 66.7 Å². The van der Waals surface area contributed by atoms with Crippen molar-refractivity contribution in [3.8, 4) is 5.75 Å². The van der Waals surface area contributed by atoms with E-state index in [1.165, 1.54) is 6.21 Å². The Morgan fingerprint density at radius 1 is 0.871 bits per heavy atom. The van der Waals surface area contributed by atoms with Crippen molar-refractivity contribution in [3.05, 3.63) is 92.9 Å². The lowest BCUT2D eigenvalue weighted by Gasteiger charge is -2.10. The van der Waals surface area contributed by atoms with Crippen LogP contribution in [-0.2, 0) is 16.2 Å². The zero-order valence-corrected chi connectivity index (χ0v) is 18.2. The van der Waals surface area contributed by atoms with Gasteiger partial charge in [0.2, 0.25) is 0 Å². The molecule has 0 atom stereocenters. The molecule has 0 fully saturated rings. The standard InChI is InChI=1S/C22H16Cl3N3O3/c23-17-8-4-9-18(24)16(17)13-31-15-6-3-5-14(11-15)12-26-28-22(30)21(29)27-20-10-2-1-7-19(20)25/h1-12H,13H2,(H,27,29)(H,28,30)/b26-12-. The van der Waals surface area contributed by atoms with E-state index in [1.807, 2.05) is 0 Å². The molecule has 6 nitrogen and oxygen atoms in total. The number of nitrogens with one attached hydrogen (secondary N) is 2. The van der Waals surface area contributed by atoms with Crippen LogP contribution in [0.3, 0.4) is 0 Å². The summed E-state index contributed by atoms with van der Waals surface area (Å²) < 4.78 is 5.74. The second kappa shape index (κ2) is 10.8. The summed E-state index contributed by atoms with van der Waals surface area (Å²) in [5.41, 5.74) is 3.82. The first kappa shape index (κ1) is 22.6. The molecule has 0 heterocycles. The second-order valence-electron chi connectivity index (χ2n) is 6.19. The van der Waals surface area contributed by atoms with Crippen LogP contribution in [-0.4, -0.2) is 18.0 Å². The van der Waals surface area contributed by atoms with Crippen molar-refractivity contribution in [2.24, 2.45) is 5.10 Å². The molecule has 158 valence electrons. The maximum Gasteiger partial charge on any atom is 0.329 e. The van der Waals surface area contributed by atoms with Gasteiger partial charge >= 0.3 is 11.8 Å². The molecule has 0 aliphatic heterocycles. The van der Waals surface area contributed by atoms with E-state index in [0.717, 1.165) is 0 Å². The molecule has 3 aromatic rings. The van der Waals surface area contributed by atoms with E-state index in [0.29, 0.717) is 37.6 Å². The molecule has 3 aromatic carbocycles. The Morgan fingerprint density at radius 3 is 2.29 bits per heavy atom. The fourth-order valence-corrected chi connectivity index (χ4v) is 3.16. The van der Waals surface area contributed by atoms with E-state index < -0.39 is 11.8 Å². The summed E-state index contributed by atoms with van der Waals surface area (Å²) in [5, 5.41) is 7.56. The normalized spacial score (nSPS) is 10.7. The minimum atomic E-state index is -0.933. The van der Waals surface area contributed by atoms with Crippen LogP contribution in [0.2, 0.25) is 15.1 Å². The van der Waals surface area contributed by atoms with Gasteiger partial charge in [0, 0.05) is 15.6 Å². The smallest absolute Gasteiger partial charge is 0.329 e. The van der Waals surface area contributed by atoms with E-state index in [9.17, 15) is 9.59 Å². The van der Waals surface area contributed by atoms with Crippen molar-refractivity contribution >= 4 is 58.5 Å². The number of carbonyl (C=O) groups is 2. The number of nitrogens with zero attached hydrogens (tertiary/aromatic N) is 1. The Kier molecular flexibility index (Phi) is 7.89. The molecular formula is C22H16Cl3N3O3. The second-order valence-corrected chi connectivity index (χ2v) is 7.42. The van der Waals surface area contributed by atoms with Gasteiger partial charge in [-0.2, -0.15) is 5.10 Å². The highest BCUT2D eigenvalue weighted by Crippen LogP contribution is 2.26. The molecule has 0 spiro atoms. The van der Waals surface area contributed by atoms with Crippen molar-refractivity contribution in [2.75, 3.05) is 5.32 Å². The Bertz CT molecular complexity index is 1120. The average molecular weight is 477 g/mol. The zero-order chi connectivity index (χ0) is 22.2. The first-order valence-corrected chi connectivity index (χ1v) is 10.1. The van der Waals surface area contributed by atoms with Gasteiger partial charge in [0.1, 0.15) is 12.4 Å². The summed E-state index contributed by atoms with van der Waals surface area (Å²) in [7, 11) is 0. The highest BCUT2D eigenvalue weighted by Gasteiger charge is 2.14. The van der Waals surface area contributed by atoms with Crippen LogP contribution in [0.5, 0.6) is 5.75 Å². The molecule has 2 N–H and O–H groups in total. The molecular weight excluding hydrogens is 461 g/mol. The Labute approximate surface area is 193 Å². The maximum atomic E-state index is 11.9. The molecule has 0 unspecified atom stereocenters. The predicted octanol–water partition coefficient (Wildman–Crippen LogP) is 5.31. The third kappa shape index (κ3) is 6.46. The van der Waals surface area contributed by atoms with Gasteiger partial charge in [0.25, 0.3) is 0 Å². The number of ether oxygens (including phenoxy) is 1. The molecule has 0 saturated heterocycles. The number of para-hydroxylation sites is 1.